The predicted octanol–water partition coefficient (Wildman–Crippen LogP) is 2.52. The van der Waals surface area contributed by atoms with Crippen LogP contribution in [0.4, 0.5) is 0 Å². The van der Waals surface area contributed by atoms with Crippen LogP contribution in [0, 0.1) is 5.41 Å². The van der Waals surface area contributed by atoms with Crippen LogP contribution in [-0.4, -0.2) is 24.0 Å². The molecule has 0 aliphatic carbocycles. The summed E-state index contributed by atoms with van der Waals surface area (Å²) < 4.78 is 0. The van der Waals surface area contributed by atoms with Crippen molar-refractivity contribution in [1.29, 1.82) is 0 Å². The molecule has 1 heterocycles. The van der Waals surface area contributed by atoms with Gasteiger partial charge in [0.2, 0.25) is 0 Å². The number of likely N-dealkylation sites (tertiary alicyclic amines) is 1. The maximum atomic E-state index is 2.61. The standard InChI is InChI=1S/C10H21N/c1-5-11-8-6-7-9(11)10(2,3)4/h9H,5-8H2,1-4H3/t9-/m0/s1. The van der Waals surface area contributed by atoms with Gasteiger partial charge < -0.3 is 4.90 Å². The highest BCUT2D eigenvalue weighted by Crippen LogP contribution is 2.31. The molecule has 0 saturated carbocycles. The van der Waals surface area contributed by atoms with Gasteiger partial charge in [-0.05, 0) is 31.3 Å². The molecule has 0 aromatic heterocycles. The highest BCUT2D eigenvalue weighted by Gasteiger charge is 2.32. The molecule has 1 aliphatic rings. The lowest BCUT2D eigenvalue weighted by atomic mass is 9.85. The third kappa shape index (κ3) is 1.96. The molecule has 1 rings (SSSR count). The Labute approximate surface area is 70.8 Å². The Morgan fingerprint density at radius 2 is 2.00 bits per heavy atom. The van der Waals surface area contributed by atoms with Gasteiger partial charge >= 0.3 is 0 Å². The Morgan fingerprint density at radius 1 is 1.36 bits per heavy atom. The first kappa shape index (κ1) is 9.05. The van der Waals surface area contributed by atoms with E-state index in [4.69, 9.17) is 0 Å². The Hall–Kier alpha value is -0.0400. The molecule has 1 atom stereocenters. The molecule has 11 heavy (non-hydrogen) atoms. The predicted molar refractivity (Wildman–Crippen MR) is 49.7 cm³/mol. The normalized spacial score (nSPS) is 27.8. The summed E-state index contributed by atoms with van der Waals surface area (Å²) in [5.74, 6) is 0. The van der Waals surface area contributed by atoms with Crippen LogP contribution in [0.3, 0.4) is 0 Å². The second-order valence-corrected chi connectivity index (χ2v) is 4.65. The third-order valence-electron chi connectivity index (χ3n) is 2.77. The van der Waals surface area contributed by atoms with E-state index in [9.17, 15) is 0 Å². The van der Waals surface area contributed by atoms with Crippen LogP contribution >= 0.6 is 0 Å². The quantitative estimate of drug-likeness (QED) is 0.562. The molecule has 1 saturated heterocycles. The molecule has 0 amide bonds. The number of hydrogen-bond donors (Lipinski definition) is 0. The maximum Gasteiger partial charge on any atom is 0.0144 e. The van der Waals surface area contributed by atoms with Crippen molar-refractivity contribution in [2.75, 3.05) is 13.1 Å². The van der Waals surface area contributed by atoms with E-state index in [-0.39, 0.29) is 0 Å². The fraction of sp³-hybridized carbons (Fsp3) is 1.00. The zero-order chi connectivity index (χ0) is 8.48. The summed E-state index contributed by atoms with van der Waals surface area (Å²) in [6.45, 7) is 11.9. The largest absolute Gasteiger partial charge is 0.300 e. The van der Waals surface area contributed by atoms with Crippen LogP contribution < -0.4 is 0 Å². The lowest BCUT2D eigenvalue weighted by Crippen LogP contribution is -2.39. The SMILES string of the molecule is CCN1CCC[C@H]1C(C)(C)C. The molecule has 0 aromatic rings. The van der Waals surface area contributed by atoms with Crippen LogP contribution in [-0.2, 0) is 0 Å². The van der Waals surface area contributed by atoms with E-state index >= 15 is 0 Å². The van der Waals surface area contributed by atoms with Gasteiger partial charge in [0.1, 0.15) is 0 Å². The zero-order valence-electron chi connectivity index (χ0n) is 8.35. The first-order valence-corrected chi connectivity index (χ1v) is 4.79. The lowest BCUT2D eigenvalue weighted by Gasteiger charge is -2.34. The van der Waals surface area contributed by atoms with Crippen LogP contribution in [0.25, 0.3) is 0 Å². The fourth-order valence-electron chi connectivity index (χ4n) is 2.19. The molecule has 1 aliphatic heterocycles. The van der Waals surface area contributed by atoms with E-state index in [0.29, 0.717) is 5.41 Å². The van der Waals surface area contributed by atoms with E-state index in [1.54, 1.807) is 0 Å². The summed E-state index contributed by atoms with van der Waals surface area (Å²) in [4.78, 5) is 2.61. The van der Waals surface area contributed by atoms with E-state index in [1.807, 2.05) is 0 Å². The van der Waals surface area contributed by atoms with Crippen molar-refractivity contribution < 1.29 is 0 Å². The Bertz CT molecular complexity index is 123. The van der Waals surface area contributed by atoms with Crippen LogP contribution in [0.1, 0.15) is 40.5 Å². The molecule has 0 N–H and O–H groups in total. The number of rotatable bonds is 1. The highest BCUT2D eigenvalue weighted by molar-refractivity contribution is 4.87. The average molecular weight is 155 g/mol. The molecular formula is C10H21N. The van der Waals surface area contributed by atoms with Crippen LogP contribution in [0.5, 0.6) is 0 Å². The summed E-state index contributed by atoms with van der Waals surface area (Å²) in [5, 5.41) is 0. The monoisotopic (exact) mass is 155 g/mol. The summed E-state index contributed by atoms with van der Waals surface area (Å²) in [6, 6.07) is 0.826. The minimum absolute atomic E-state index is 0.479. The Balaban J connectivity index is 2.57. The molecule has 0 spiro atoms. The number of nitrogens with zero attached hydrogens (tertiary/aromatic N) is 1. The fourth-order valence-corrected chi connectivity index (χ4v) is 2.19. The van der Waals surface area contributed by atoms with Crippen molar-refractivity contribution in [2.45, 2.75) is 46.6 Å². The Kier molecular flexibility index (Phi) is 2.58. The first-order chi connectivity index (χ1) is 5.05. The number of hydrogen-bond acceptors (Lipinski definition) is 1. The van der Waals surface area contributed by atoms with Crippen molar-refractivity contribution in [3.63, 3.8) is 0 Å². The lowest BCUT2D eigenvalue weighted by molar-refractivity contribution is 0.147. The molecule has 1 heteroatoms. The summed E-state index contributed by atoms with van der Waals surface area (Å²) >= 11 is 0. The summed E-state index contributed by atoms with van der Waals surface area (Å²) in [6.07, 6.45) is 2.80. The van der Waals surface area contributed by atoms with E-state index < -0.39 is 0 Å². The maximum absolute atomic E-state index is 2.61. The topological polar surface area (TPSA) is 3.24 Å². The molecule has 0 radical (unpaired) electrons. The van der Waals surface area contributed by atoms with Crippen LogP contribution in [0.2, 0.25) is 0 Å². The third-order valence-corrected chi connectivity index (χ3v) is 2.77. The minimum Gasteiger partial charge on any atom is -0.300 e. The van der Waals surface area contributed by atoms with Gasteiger partial charge in [0.05, 0.1) is 0 Å². The second-order valence-electron chi connectivity index (χ2n) is 4.65. The van der Waals surface area contributed by atoms with Crippen molar-refractivity contribution >= 4 is 0 Å². The van der Waals surface area contributed by atoms with Crippen molar-refractivity contribution in [3.05, 3.63) is 0 Å². The van der Waals surface area contributed by atoms with E-state index in [0.717, 1.165) is 6.04 Å². The van der Waals surface area contributed by atoms with Crippen LogP contribution in [0.15, 0.2) is 0 Å². The summed E-state index contributed by atoms with van der Waals surface area (Å²) in [5.41, 5.74) is 0.479. The van der Waals surface area contributed by atoms with Gasteiger partial charge in [-0.1, -0.05) is 27.7 Å². The highest BCUT2D eigenvalue weighted by atomic mass is 15.2. The van der Waals surface area contributed by atoms with Gasteiger partial charge in [-0.25, -0.2) is 0 Å². The summed E-state index contributed by atoms with van der Waals surface area (Å²) in [7, 11) is 0. The Morgan fingerprint density at radius 3 is 2.36 bits per heavy atom. The van der Waals surface area contributed by atoms with Gasteiger partial charge in [-0.3, -0.25) is 0 Å². The molecule has 0 unspecified atom stereocenters. The van der Waals surface area contributed by atoms with E-state index in [2.05, 4.69) is 32.6 Å². The zero-order valence-corrected chi connectivity index (χ0v) is 8.35. The molecule has 1 fully saturated rings. The van der Waals surface area contributed by atoms with Crippen molar-refractivity contribution in [1.82, 2.24) is 4.90 Å². The second kappa shape index (κ2) is 3.14. The van der Waals surface area contributed by atoms with Gasteiger partial charge in [-0.15, -0.1) is 0 Å². The van der Waals surface area contributed by atoms with Gasteiger partial charge in [0.25, 0.3) is 0 Å². The molecule has 1 nitrogen and oxygen atoms in total. The van der Waals surface area contributed by atoms with Gasteiger partial charge in [0.15, 0.2) is 0 Å². The molecule has 0 aromatic carbocycles. The van der Waals surface area contributed by atoms with Crippen molar-refractivity contribution in [3.8, 4) is 0 Å². The average Bonchev–Trinajstić information content (AvgIpc) is 2.31. The van der Waals surface area contributed by atoms with E-state index in [1.165, 1.54) is 25.9 Å². The minimum atomic E-state index is 0.479. The molecule has 66 valence electrons. The van der Waals surface area contributed by atoms with Crippen molar-refractivity contribution in [2.24, 2.45) is 5.41 Å². The first-order valence-electron chi connectivity index (χ1n) is 4.79. The van der Waals surface area contributed by atoms with Gasteiger partial charge in [-0.2, -0.15) is 0 Å². The van der Waals surface area contributed by atoms with Gasteiger partial charge in [0, 0.05) is 6.04 Å². The molecule has 0 bridgehead atoms. The smallest absolute Gasteiger partial charge is 0.0144 e. The molecular weight excluding hydrogens is 134 g/mol.